The summed E-state index contributed by atoms with van der Waals surface area (Å²) in [4.78, 5) is 13.4. The van der Waals surface area contributed by atoms with Crippen LogP contribution in [-0.4, -0.2) is 42.3 Å². The van der Waals surface area contributed by atoms with Crippen molar-refractivity contribution in [1.29, 1.82) is 0 Å². The first-order valence-electron chi connectivity index (χ1n) is 6.36. The fraction of sp³-hybridized carbons (Fsp3) is 0.923. The first kappa shape index (κ1) is 16.2. The lowest BCUT2D eigenvalue weighted by Crippen LogP contribution is -2.45. The van der Waals surface area contributed by atoms with Gasteiger partial charge in [-0.2, -0.15) is 0 Å². The number of rotatable bonds is 5. The van der Waals surface area contributed by atoms with Crippen LogP contribution in [0.3, 0.4) is 0 Å². The zero-order valence-electron chi connectivity index (χ0n) is 12.3. The Morgan fingerprint density at radius 2 is 1.88 bits per heavy atom. The number of amides is 1. The summed E-state index contributed by atoms with van der Waals surface area (Å²) in [5.41, 5.74) is -0.435. The number of carbonyl (C=O) groups excluding carboxylic acids is 1. The fourth-order valence-electron chi connectivity index (χ4n) is 1.17. The van der Waals surface area contributed by atoms with E-state index in [1.54, 1.807) is 11.9 Å². The molecule has 2 atom stereocenters. The summed E-state index contributed by atoms with van der Waals surface area (Å²) in [5, 5.41) is 3.38. The SMILES string of the molecule is CCC(C)NCC(C)N(C)C(=O)OC(C)(C)C. The summed E-state index contributed by atoms with van der Waals surface area (Å²) in [6, 6.07) is 0.600. The zero-order valence-corrected chi connectivity index (χ0v) is 12.3. The molecule has 0 heterocycles. The Hall–Kier alpha value is -0.770. The van der Waals surface area contributed by atoms with Crippen LogP contribution in [-0.2, 0) is 4.74 Å². The molecule has 0 aromatic rings. The molecule has 2 unspecified atom stereocenters. The number of ether oxygens (including phenoxy) is 1. The van der Waals surface area contributed by atoms with Crippen LogP contribution in [0.5, 0.6) is 0 Å². The average molecular weight is 244 g/mol. The van der Waals surface area contributed by atoms with E-state index < -0.39 is 5.60 Å². The Balaban J connectivity index is 4.12. The molecule has 0 fully saturated rings. The number of hydrogen-bond donors (Lipinski definition) is 1. The molecule has 4 heteroatoms. The Bertz CT molecular complexity index is 236. The summed E-state index contributed by atoms with van der Waals surface area (Å²) in [5.74, 6) is 0. The van der Waals surface area contributed by atoms with Crippen molar-refractivity contribution in [3.8, 4) is 0 Å². The van der Waals surface area contributed by atoms with E-state index in [2.05, 4.69) is 19.2 Å². The van der Waals surface area contributed by atoms with E-state index >= 15 is 0 Å². The normalized spacial score (nSPS) is 15.2. The van der Waals surface area contributed by atoms with E-state index in [0.29, 0.717) is 6.04 Å². The summed E-state index contributed by atoms with van der Waals surface area (Å²) < 4.78 is 5.31. The van der Waals surface area contributed by atoms with Crippen LogP contribution in [0.4, 0.5) is 4.79 Å². The predicted molar refractivity (Wildman–Crippen MR) is 71.2 cm³/mol. The molecule has 102 valence electrons. The topological polar surface area (TPSA) is 41.6 Å². The highest BCUT2D eigenvalue weighted by atomic mass is 16.6. The summed E-state index contributed by atoms with van der Waals surface area (Å²) >= 11 is 0. The summed E-state index contributed by atoms with van der Waals surface area (Å²) in [6.45, 7) is 12.7. The maximum absolute atomic E-state index is 11.8. The van der Waals surface area contributed by atoms with E-state index in [0.717, 1.165) is 13.0 Å². The van der Waals surface area contributed by atoms with Gasteiger partial charge in [0, 0.05) is 25.7 Å². The minimum absolute atomic E-state index is 0.124. The van der Waals surface area contributed by atoms with E-state index in [4.69, 9.17) is 4.74 Å². The molecule has 0 aliphatic heterocycles. The third-order valence-corrected chi connectivity index (χ3v) is 2.72. The van der Waals surface area contributed by atoms with E-state index in [1.165, 1.54) is 0 Å². The molecule has 0 rings (SSSR count). The van der Waals surface area contributed by atoms with Gasteiger partial charge < -0.3 is 15.0 Å². The van der Waals surface area contributed by atoms with Crippen molar-refractivity contribution in [3.63, 3.8) is 0 Å². The van der Waals surface area contributed by atoms with Crippen LogP contribution in [0.15, 0.2) is 0 Å². The van der Waals surface area contributed by atoms with Gasteiger partial charge in [0.2, 0.25) is 0 Å². The van der Waals surface area contributed by atoms with Gasteiger partial charge in [0.1, 0.15) is 5.60 Å². The molecule has 0 aromatic heterocycles. The van der Waals surface area contributed by atoms with E-state index in [-0.39, 0.29) is 12.1 Å². The predicted octanol–water partition coefficient (Wildman–Crippen LogP) is 2.63. The quantitative estimate of drug-likeness (QED) is 0.808. The van der Waals surface area contributed by atoms with Gasteiger partial charge in [-0.3, -0.25) is 0 Å². The average Bonchev–Trinajstić information content (AvgIpc) is 2.21. The third kappa shape index (κ3) is 7.21. The van der Waals surface area contributed by atoms with Crippen LogP contribution < -0.4 is 5.32 Å². The Labute approximate surface area is 106 Å². The highest BCUT2D eigenvalue weighted by Gasteiger charge is 2.22. The lowest BCUT2D eigenvalue weighted by Gasteiger charge is -2.29. The molecule has 0 aliphatic carbocycles. The molecule has 0 saturated heterocycles. The molecule has 0 saturated carbocycles. The van der Waals surface area contributed by atoms with Crippen molar-refractivity contribution in [2.75, 3.05) is 13.6 Å². The fourth-order valence-corrected chi connectivity index (χ4v) is 1.17. The summed E-state index contributed by atoms with van der Waals surface area (Å²) in [6.07, 6.45) is 0.819. The molecular weight excluding hydrogens is 216 g/mol. The van der Waals surface area contributed by atoms with Gasteiger partial charge in [-0.15, -0.1) is 0 Å². The van der Waals surface area contributed by atoms with Crippen LogP contribution in [0, 0.1) is 0 Å². The number of hydrogen-bond acceptors (Lipinski definition) is 3. The highest BCUT2D eigenvalue weighted by Crippen LogP contribution is 2.10. The first-order valence-corrected chi connectivity index (χ1v) is 6.36. The molecule has 0 bridgehead atoms. The van der Waals surface area contributed by atoms with E-state index in [9.17, 15) is 4.79 Å². The van der Waals surface area contributed by atoms with Crippen molar-refractivity contribution < 1.29 is 9.53 Å². The zero-order chi connectivity index (χ0) is 13.6. The lowest BCUT2D eigenvalue weighted by atomic mass is 10.2. The Morgan fingerprint density at radius 3 is 2.29 bits per heavy atom. The molecule has 1 N–H and O–H groups in total. The van der Waals surface area contributed by atoms with Gasteiger partial charge >= 0.3 is 6.09 Å². The van der Waals surface area contributed by atoms with Gasteiger partial charge in [-0.1, -0.05) is 6.92 Å². The smallest absolute Gasteiger partial charge is 0.410 e. The number of carbonyl (C=O) groups is 1. The first-order chi connectivity index (χ1) is 7.67. The van der Waals surface area contributed by atoms with Crippen LogP contribution in [0.1, 0.15) is 48.0 Å². The number of nitrogens with zero attached hydrogens (tertiary/aromatic N) is 1. The van der Waals surface area contributed by atoms with E-state index in [1.807, 2.05) is 27.7 Å². The van der Waals surface area contributed by atoms with Crippen LogP contribution in [0.25, 0.3) is 0 Å². The molecule has 17 heavy (non-hydrogen) atoms. The number of nitrogens with one attached hydrogen (secondary N) is 1. The largest absolute Gasteiger partial charge is 0.444 e. The van der Waals surface area contributed by atoms with Crippen molar-refractivity contribution in [2.45, 2.75) is 65.6 Å². The minimum Gasteiger partial charge on any atom is -0.444 e. The van der Waals surface area contributed by atoms with Crippen molar-refractivity contribution in [1.82, 2.24) is 10.2 Å². The van der Waals surface area contributed by atoms with Crippen molar-refractivity contribution in [2.24, 2.45) is 0 Å². The highest BCUT2D eigenvalue weighted by molar-refractivity contribution is 5.68. The minimum atomic E-state index is -0.435. The summed E-state index contributed by atoms with van der Waals surface area (Å²) in [7, 11) is 1.77. The van der Waals surface area contributed by atoms with Gasteiger partial charge in [0.05, 0.1) is 0 Å². The molecule has 0 aliphatic rings. The van der Waals surface area contributed by atoms with Crippen LogP contribution >= 0.6 is 0 Å². The Morgan fingerprint density at radius 1 is 1.35 bits per heavy atom. The Kier molecular flexibility index (Phi) is 6.53. The van der Waals surface area contributed by atoms with Gasteiger partial charge in [0.15, 0.2) is 0 Å². The molecule has 0 spiro atoms. The number of likely N-dealkylation sites (N-methyl/N-ethyl adjacent to an activating group) is 1. The molecule has 1 amide bonds. The van der Waals surface area contributed by atoms with Crippen LogP contribution in [0.2, 0.25) is 0 Å². The van der Waals surface area contributed by atoms with Gasteiger partial charge in [-0.05, 0) is 41.0 Å². The molecule has 4 nitrogen and oxygen atoms in total. The maximum Gasteiger partial charge on any atom is 0.410 e. The van der Waals surface area contributed by atoms with Gasteiger partial charge in [-0.25, -0.2) is 4.79 Å². The second kappa shape index (κ2) is 6.84. The third-order valence-electron chi connectivity index (χ3n) is 2.72. The molecular formula is C13H28N2O2. The maximum atomic E-state index is 11.8. The standard InChI is InChI=1S/C13H28N2O2/c1-8-10(2)14-9-11(3)15(7)12(16)17-13(4,5)6/h10-11,14H,8-9H2,1-7H3. The van der Waals surface area contributed by atoms with Crippen molar-refractivity contribution in [3.05, 3.63) is 0 Å². The molecule has 0 radical (unpaired) electrons. The monoisotopic (exact) mass is 244 g/mol. The second-order valence-electron chi connectivity index (χ2n) is 5.66. The van der Waals surface area contributed by atoms with Crippen molar-refractivity contribution >= 4 is 6.09 Å². The molecule has 0 aromatic carbocycles. The lowest BCUT2D eigenvalue weighted by molar-refractivity contribution is 0.0234. The van der Waals surface area contributed by atoms with Gasteiger partial charge in [0.25, 0.3) is 0 Å². The second-order valence-corrected chi connectivity index (χ2v) is 5.66.